The normalized spacial score (nSPS) is 16.5. The van der Waals surface area contributed by atoms with Crippen LogP contribution in [0.1, 0.15) is 56.7 Å². The molecule has 3 rings (SSSR count). The van der Waals surface area contributed by atoms with Crippen LogP contribution in [-0.2, 0) is 10.2 Å². The van der Waals surface area contributed by atoms with Gasteiger partial charge in [-0.05, 0) is 61.9 Å². The molecule has 2 aromatic carbocycles. The van der Waals surface area contributed by atoms with Gasteiger partial charge >= 0.3 is 0 Å². The van der Waals surface area contributed by atoms with E-state index in [1.54, 1.807) is 6.92 Å². The average molecular weight is 397 g/mol. The first-order valence-corrected chi connectivity index (χ1v) is 10.5. The van der Waals surface area contributed by atoms with Crippen LogP contribution in [0.2, 0.25) is 0 Å². The zero-order valence-electron chi connectivity index (χ0n) is 17.9. The highest BCUT2D eigenvalue weighted by Gasteiger charge is 2.42. The number of nitrogens with zero attached hydrogens (tertiary/aromatic N) is 1. The van der Waals surface area contributed by atoms with Gasteiger partial charge < -0.3 is 5.41 Å². The smallest absolute Gasteiger partial charge is 0.155 e. The van der Waals surface area contributed by atoms with E-state index in [2.05, 4.69) is 18.2 Å². The van der Waals surface area contributed by atoms with E-state index < -0.39 is 5.41 Å². The number of ketones is 1. The Morgan fingerprint density at radius 3 is 2.43 bits per heavy atom. The van der Waals surface area contributed by atoms with Gasteiger partial charge in [0.05, 0.1) is 23.0 Å². The zero-order valence-corrected chi connectivity index (χ0v) is 17.9. The third-order valence-corrected chi connectivity index (χ3v) is 6.25. The molecule has 0 saturated heterocycles. The molecule has 1 unspecified atom stereocenters. The van der Waals surface area contributed by atoms with Crippen LogP contribution in [0, 0.1) is 22.7 Å². The Balaban J connectivity index is 2.06. The maximum atomic E-state index is 13.7. The van der Waals surface area contributed by atoms with Crippen LogP contribution < -0.4 is 0 Å². The quantitative estimate of drug-likeness (QED) is 0.562. The molecule has 152 valence electrons. The molecule has 2 atom stereocenters. The largest absolute Gasteiger partial charge is 0.309 e. The van der Waals surface area contributed by atoms with E-state index in [1.807, 2.05) is 68.4 Å². The number of carbonyl (C=O) groups is 1. The first kappa shape index (κ1) is 21.5. The fraction of sp³-hybridized carbons (Fsp3) is 0.296. The number of Topliss-reactive ketones (excluding diaryl/α,β-unsaturated/α-hetero) is 1. The monoisotopic (exact) mass is 396 g/mol. The number of rotatable bonds is 7. The number of hydrogen-bond donors (Lipinski definition) is 1. The van der Waals surface area contributed by atoms with Gasteiger partial charge in [-0.2, -0.15) is 5.26 Å². The topological polar surface area (TPSA) is 64.7 Å². The van der Waals surface area contributed by atoms with Crippen molar-refractivity contribution < 1.29 is 4.79 Å². The molecule has 1 aliphatic rings. The average Bonchev–Trinajstić information content (AvgIpc) is 2.79. The van der Waals surface area contributed by atoms with E-state index in [1.165, 1.54) is 5.57 Å². The molecule has 0 heterocycles. The van der Waals surface area contributed by atoms with Crippen LogP contribution in [0.15, 0.2) is 72.3 Å². The van der Waals surface area contributed by atoms with Gasteiger partial charge in [0.2, 0.25) is 0 Å². The third-order valence-electron chi connectivity index (χ3n) is 6.25. The van der Waals surface area contributed by atoms with Crippen LogP contribution in [0.4, 0.5) is 0 Å². The van der Waals surface area contributed by atoms with Gasteiger partial charge in [-0.15, -0.1) is 0 Å². The highest BCUT2D eigenvalue weighted by atomic mass is 16.1. The van der Waals surface area contributed by atoms with Gasteiger partial charge in [0, 0.05) is 5.71 Å². The minimum atomic E-state index is -0.763. The Morgan fingerprint density at radius 1 is 1.13 bits per heavy atom. The SMILES string of the molecule is CCC(C(C)=N)C(=O)[C@@](C)(C1=CC=C(c2cccc(C#N)c2)CC1)c1ccccc1. The fourth-order valence-corrected chi connectivity index (χ4v) is 4.38. The summed E-state index contributed by atoms with van der Waals surface area (Å²) in [5.74, 6) is -0.285. The molecule has 3 nitrogen and oxygen atoms in total. The van der Waals surface area contributed by atoms with Crippen molar-refractivity contribution in [1.82, 2.24) is 0 Å². The van der Waals surface area contributed by atoms with E-state index >= 15 is 0 Å². The third kappa shape index (κ3) is 4.04. The van der Waals surface area contributed by atoms with E-state index in [9.17, 15) is 10.1 Å². The number of benzene rings is 2. The summed E-state index contributed by atoms with van der Waals surface area (Å²) in [4.78, 5) is 13.7. The molecule has 0 fully saturated rings. The molecule has 0 saturated carbocycles. The van der Waals surface area contributed by atoms with Crippen molar-refractivity contribution in [2.45, 2.75) is 45.4 Å². The minimum absolute atomic E-state index is 0.0956. The second-order valence-electron chi connectivity index (χ2n) is 8.08. The van der Waals surface area contributed by atoms with Crippen LogP contribution in [0.25, 0.3) is 5.57 Å². The van der Waals surface area contributed by atoms with Crippen LogP contribution >= 0.6 is 0 Å². The van der Waals surface area contributed by atoms with Crippen LogP contribution in [0.5, 0.6) is 0 Å². The molecule has 1 N–H and O–H groups in total. The lowest BCUT2D eigenvalue weighted by atomic mass is 9.65. The summed E-state index contributed by atoms with van der Waals surface area (Å²) in [5.41, 5.74) is 4.60. The number of nitrogens with one attached hydrogen (secondary N) is 1. The van der Waals surface area contributed by atoms with Crippen LogP contribution in [0.3, 0.4) is 0 Å². The molecule has 30 heavy (non-hydrogen) atoms. The Hall–Kier alpha value is -3.25. The summed E-state index contributed by atoms with van der Waals surface area (Å²) in [6.07, 6.45) is 6.38. The van der Waals surface area contributed by atoms with E-state index in [0.29, 0.717) is 17.7 Å². The molecule has 0 spiro atoms. The van der Waals surface area contributed by atoms with Crippen LogP contribution in [-0.4, -0.2) is 11.5 Å². The van der Waals surface area contributed by atoms with E-state index in [4.69, 9.17) is 5.41 Å². The molecule has 0 aliphatic heterocycles. The fourth-order valence-electron chi connectivity index (χ4n) is 4.38. The van der Waals surface area contributed by atoms with Crippen molar-refractivity contribution in [3.63, 3.8) is 0 Å². The second kappa shape index (κ2) is 9.05. The second-order valence-corrected chi connectivity index (χ2v) is 8.08. The van der Waals surface area contributed by atoms with Gasteiger partial charge in [-0.3, -0.25) is 4.79 Å². The Labute approximate surface area is 179 Å². The molecule has 0 bridgehead atoms. The number of allylic oxidation sites excluding steroid dienone is 4. The molecular weight excluding hydrogens is 368 g/mol. The van der Waals surface area contributed by atoms with Crippen molar-refractivity contribution in [3.8, 4) is 6.07 Å². The Kier molecular flexibility index (Phi) is 6.47. The lowest BCUT2D eigenvalue weighted by molar-refractivity contribution is -0.125. The number of carbonyl (C=O) groups excluding carboxylic acids is 1. The predicted octanol–water partition coefficient (Wildman–Crippen LogP) is 6.25. The van der Waals surface area contributed by atoms with E-state index in [-0.39, 0.29) is 11.7 Å². The molecule has 0 amide bonds. The lowest BCUT2D eigenvalue weighted by Crippen LogP contribution is -2.41. The van der Waals surface area contributed by atoms with Crippen molar-refractivity contribution in [2.75, 3.05) is 0 Å². The molecule has 1 aliphatic carbocycles. The van der Waals surface area contributed by atoms with Gasteiger partial charge in [0.25, 0.3) is 0 Å². The standard InChI is InChI=1S/C27H28N2O/c1-4-25(19(2)29)26(30)27(3,23-11-6-5-7-12-23)24-15-13-21(14-16-24)22-10-8-9-20(17-22)18-28/h5-13,15,17,25,29H,4,14,16H2,1-3H3/t25?,27-/m1/s1. The first-order valence-electron chi connectivity index (χ1n) is 10.5. The summed E-state index contributed by atoms with van der Waals surface area (Å²) in [7, 11) is 0. The van der Waals surface area contributed by atoms with Crippen molar-refractivity contribution in [2.24, 2.45) is 5.92 Å². The van der Waals surface area contributed by atoms with Gasteiger partial charge in [-0.1, -0.05) is 67.1 Å². The molecule has 0 aromatic heterocycles. The Morgan fingerprint density at radius 2 is 1.87 bits per heavy atom. The molecular formula is C27H28N2O. The lowest BCUT2D eigenvalue weighted by Gasteiger charge is -2.36. The van der Waals surface area contributed by atoms with Crippen molar-refractivity contribution in [3.05, 3.63) is 89.0 Å². The number of hydrogen-bond acceptors (Lipinski definition) is 3. The highest BCUT2D eigenvalue weighted by Crippen LogP contribution is 2.41. The molecule has 3 heteroatoms. The molecule has 2 aromatic rings. The summed E-state index contributed by atoms with van der Waals surface area (Å²) in [6, 6.07) is 19.8. The molecule has 0 radical (unpaired) electrons. The van der Waals surface area contributed by atoms with Gasteiger partial charge in [0.1, 0.15) is 0 Å². The Bertz CT molecular complexity index is 1060. The van der Waals surface area contributed by atoms with Gasteiger partial charge in [-0.25, -0.2) is 0 Å². The van der Waals surface area contributed by atoms with Gasteiger partial charge in [0.15, 0.2) is 5.78 Å². The summed E-state index contributed by atoms with van der Waals surface area (Å²) in [5, 5.41) is 17.3. The predicted molar refractivity (Wildman–Crippen MR) is 122 cm³/mol. The highest BCUT2D eigenvalue weighted by molar-refractivity contribution is 6.08. The summed E-state index contributed by atoms with van der Waals surface area (Å²) < 4.78 is 0. The number of nitriles is 1. The zero-order chi connectivity index (χ0) is 21.7. The first-order chi connectivity index (χ1) is 14.4. The summed E-state index contributed by atoms with van der Waals surface area (Å²) in [6.45, 7) is 5.71. The summed E-state index contributed by atoms with van der Waals surface area (Å²) >= 11 is 0. The van der Waals surface area contributed by atoms with E-state index in [0.717, 1.165) is 29.5 Å². The van der Waals surface area contributed by atoms with Crippen molar-refractivity contribution >= 4 is 17.1 Å². The minimum Gasteiger partial charge on any atom is -0.309 e. The van der Waals surface area contributed by atoms with Crippen molar-refractivity contribution in [1.29, 1.82) is 10.7 Å². The maximum absolute atomic E-state index is 13.7. The maximum Gasteiger partial charge on any atom is 0.155 e.